The van der Waals surface area contributed by atoms with Crippen LogP contribution in [0.15, 0.2) is 54.9 Å². The summed E-state index contributed by atoms with van der Waals surface area (Å²) in [6, 6.07) is 10.3. The highest BCUT2D eigenvalue weighted by molar-refractivity contribution is 7.22. The van der Waals surface area contributed by atoms with Gasteiger partial charge in [0.15, 0.2) is 5.13 Å². The van der Waals surface area contributed by atoms with E-state index in [-0.39, 0.29) is 11.6 Å². The van der Waals surface area contributed by atoms with Crippen LogP contribution in [0.5, 0.6) is 0 Å². The molecule has 4 aromatic rings. The summed E-state index contributed by atoms with van der Waals surface area (Å²) in [6.07, 6.45) is 3.16. The number of aromatic nitrogens is 2. The molecule has 174 valence electrons. The van der Waals surface area contributed by atoms with Crippen LogP contribution in [0, 0.1) is 11.7 Å². The molecular formula is C24H20ClFN4O3S. The molecule has 34 heavy (non-hydrogen) atoms. The molecule has 1 amide bonds. The molecule has 0 saturated carbocycles. The SMILES string of the molecule is CC(C)[C@H](NC(=O)c1ccc(-c2ccc(Nc3nc4c(Cl)cncc4s3)c(F)c2)cc1)C(=O)O. The van der Waals surface area contributed by atoms with Crippen molar-refractivity contribution in [3.63, 3.8) is 0 Å². The van der Waals surface area contributed by atoms with E-state index in [2.05, 4.69) is 20.6 Å². The van der Waals surface area contributed by atoms with Crippen LogP contribution in [0.4, 0.5) is 15.2 Å². The Morgan fingerprint density at radius 2 is 1.79 bits per heavy atom. The van der Waals surface area contributed by atoms with Crippen molar-refractivity contribution >= 4 is 55.8 Å². The molecule has 0 bridgehead atoms. The molecule has 4 rings (SSSR count). The van der Waals surface area contributed by atoms with E-state index >= 15 is 0 Å². The molecule has 2 aromatic carbocycles. The van der Waals surface area contributed by atoms with E-state index < -0.39 is 23.7 Å². The van der Waals surface area contributed by atoms with Gasteiger partial charge < -0.3 is 15.7 Å². The van der Waals surface area contributed by atoms with Gasteiger partial charge in [0.25, 0.3) is 5.91 Å². The molecule has 0 fully saturated rings. The number of carboxylic acid groups (broad SMARTS) is 1. The number of pyridine rings is 1. The van der Waals surface area contributed by atoms with Crippen molar-refractivity contribution in [2.75, 3.05) is 5.32 Å². The number of hydrogen-bond donors (Lipinski definition) is 3. The van der Waals surface area contributed by atoms with E-state index in [4.69, 9.17) is 11.6 Å². The molecule has 2 heterocycles. The van der Waals surface area contributed by atoms with Crippen molar-refractivity contribution in [2.45, 2.75) is 19.9 Å². The minimum absolute atomic E-state index is 0.257. The number of nitrogens with zero attached hydrogens (tertiary/aromatic N) is 2. The predicted molar refractivity (Wildman–Crippen MR) is 131 cm³/mol. The van der Waals surface area contributed by atoms with Gasteiger partial charge >= 0.3 is 5.97 Å². The first kappa shape index (κ1) is 23.6. The summed E-state index contributed by atoms with van der Waals surface area (Å²) in [5.41, 5.74) is 2.51. The summed E-state index contributed by atoms with van der Waals surface area (Å²) in [7, 11) is 0. The second-order valence-electron chi connectivity index (χ2n) is 7.92. The molecular weight excluding hydrogens is 479 g/mol. The van der Waals surface area contributed by atoms with Crippen molar-refractivity contribution in [3.8, 4) is 11.1 Å². The second kappa shape index (κ2) is 9.74. The average molecular weight is 499 g/mol. The Balaban J connectivity index is 1.49. The smallest absolute Gasteiger partial charge is 0.326 e. The first-order valence-electron chi connectivity index (χ1n) is 10.3. The zero-order valence-electron chi connectivity index (χ0n) is 18.2. The van der Waals surface area contributed by atoms with Gasteiger partial charge in [-0.15, -0.1) is 0 Å². The van der Waals surface area contributed by atoms with Gasteiger partial charge in [0.1, 0.15) is 17.4 Å². The monoisotopic (exact) mass is 498 g/mol. The summed E-state index contributed by atoms with van der Waals surface area (Å²) in [5, 5.41) is 15.7. The number of carbonyl (C=O) groups excluding carboxylic acids is 1. The van der Waals surface area contributed by atoms with Gasteiger partial charge in [-0.2, -0.15) is 0 Å². The Bertz CT molecular complexity index is 1370. The third kappa shape index (κ3) is 5.00. The number of aliphatic carboxylic acids is 1. The van der Waals surface area contributed by atoms with Gasteiger partial charge in [0.2, 0.25) is 0 Å². The summed E-state index contributed by atoms with van der Waals surface area (Å²) >= 11 is 7.42. The van der Waals surface area contributed by atoms with Crippen LogP contribution in [0.25, 0.3) is 21.3 Å². The first-order chi connectivity index (χ1) is 16.2. The standard InChI is InChI=1S/C24H20ClFN4O3S/c1-12(2)20(23(32)33)29-22(31)14-5-3-13(4-6-14)15-7-8-18(17(26)9-15)28-24-30-21-16(25)10-27-11-19(21)34-24/h3-12,20H,1-2H3,(H,28,30)(H,29,31)(H,32,33)/t20-/m0/s1. The number of hydrogen-bond acceptors (Lipinski definition) is 6. The van der Waals surface area contributed by atoms with Crippen molar-refractivity contribution in [3.05, 3.63) is 71.3 Å². The van der Waals surface area contributed by atoms with Crippen molar-refractivity contribution in [1.29, 1.82) is 0 Å². The van der Waals surface area contributed by atoms with Gasteiger partial charge in [-0.05, 0) is 41.3 Å². The van der Waals surface area contributed by atoms with Crippen LogP contribution < -0.4 is 10.6 Å². The Hall–Kier alpha value is -3.56. The lowest BCUT2D eigenvalue weighted by Gasteiger charge is -2.18. The number of fused-ring (bicyclic) bond motifs is 1. The van der Waals surface area contributed by atoms with Crippen LogP contribution in [0.2, 0.25) is 5.02 Å². The maximum absolute atomic E-state index is 14.8. The van der Waals surface area contributed by atoms with Crippen LogP contribution in [-0.4, -0.2) is 33.0 Å². The van der Waals surface area contributed by atoms with Crippen LogP contribution >= 0.6 is 22.9 Å². The summed E-state index contributed by atoms with van der Waals surface area (Å²) in [4.78, 5) is 32.1. The maximum atomic E-state index is 14.8. The fourth-order valence-corrected chi connectivity index (χ4v) is 4.47. The molecule has 0 aliphatic carbocycles. The number of benzene rings is 2. The number of rotatable bonds is 7. The van der Waals surface area contributed by atoms with Crippen molar-refractivity contribution in [2.24, 2.45) is 5.92 Å². The summed E-state index contributed by atoms with van der Waals surface area (Å²) in [6.45, 7) is 3.44. The number of carbonyl (C=O) groups is 2. The number of halogens is 2. The highest BCUT2D eigenvalue weighted by Crippen LogP contribution is 2.33. The predicted octanol–water partition coefficient (Wildman–Crippen LogP) is 5.73. The van der Waals surface area contributed by atoms with E-state index in [1.165, 1.54) is 23.6 Å². The molecule has 7 nitrogen and oxygen atoms in total. The summed E-state index contributed by atoms with van der Waals surface area (Å²) in [5.74, 6) is -2.30. The minimum atomic E-state index is -1.09. The largest absolute Gasteiger partial charge is 0.480 e. The van der Waals surface area contributed by atoms with Gasteiger partial charge in [0, 0.05) is 18.0 Å². The lowest BCUT2D eigenvalue weighted by atomic mass is 10.0. The van der Waals surface area contributed by atoms with Crippen molar-refractivity contribution in [1.82, 2.24) is 15.3 Å². The molecule has 10 heteroatoms. The first-order valence-corrected chi connectivity index (χ1v) is 11.5. The van der Waals surface area contributed by atoms with E-state index in [9.17, 15) is 19.1 Å². The summed E-state index contributed by atoms with van der Waals surface area (Å²) < 4.78 is 15.6. The van der Waals surface area contributed by atoms with Crippen LogP contribution in [0.3, 0.4) is 0 Å². The van der Waals surface area contributed by atoms with E-state index in [0.717, 1.165) is 4.70 Å². The zero-order valence-corrected chi connectivity index (χ0v) is 19.7. The Kier molecular flexibility index (Phi) is 6.76. The van der Waals surface area contributed by atoms with E-state index in [0.29, 0.717) is 32.4 Å². The zero-order chi connectivity index (χ0) is 24.4. The Morgan fingerprint density at radius 3 is 2.41 bits per heavy atom. The average Bonchev–Trinajstić information content (AvgIpc) is 3.22. The number of carboxylic acids is 1. The van der Waals surface area contributed by atoms with E-state index in [1.54, 1.807) is 56.4 Å². The third-order valence-corrected chi connectivity index (χ3v) is 6.35. The third-order valence-electron chi connectivity index (χ3n) is 5.17. The van der Waals surface area contributed by atoms with E-state index in [1.807, 2.05) is 0 Å². The molecule has 3 N–H and O–H groups in total. The fourth-order valence-electron chi connectivity index (χ4n) is 3.34. The lowest BCUT2D eigenvalue weighted by molar-refractivity contribution is -0.140. The number of nitrogens with one attached hydrogen (secondary N) is 2. The number of anilines is 2. The number of thiazole rings is 1. The van der Waals surface area contributed by atoms with Crippen LogP contribution in [-0.2, 0) is 4.79 Å². The molecule has 0 radical (unpaired) electrons. The molecule has 0 aliphatic heterocycles. The molecule has 0 unspecified atom stereocenters. The Morgan fingerprint density at radius 1 is 1.09 bits per heavy atom. The van der Waals surface area contributed by atoms with Gasteiger partial charge in [-0.1, -0.05) is 55.0 Å². The lowest BCUT2D eigenvalue weighted by Crippen LogP contribution is -2.44. The second-order valence-corrected chi connectivity index (χ2v) is 9.36. The van der Waals surface area contributed by atoms with Gasteiger partial charge in [-0.25, -0.2) is 14.2 Å². The maximum Gasteiger partial charge on any atom is 0.326 e. The van der Waals surface area contributed by atoms with Gasteiger partial charge in [0.05, 0.1) is 15.4 Å². The highest BCUT2D eigenvalue weighted by atomic mass is 35.5. The molecule has 0 saturated heterocycles. The molecule has 2 aromatic heterocycles. The minimum Gasteiger partial charge on any atom is -0.480 e. The molecule has 1 atom stereocenters. The quantitative estimate of drug-likeness (QED) is 0.300. The van der Waals surface area contributed by atoms with Gasteiger partial charge in [-0.3, -0.25) is 9.78 Å². The van der Waals surface area contributed by atoms with Crippen molar-refractivity contribution < 1.29 is 19.1 Å². The highest BCUT2D eigenvalue weighted by Gasteiger charge is 2.24. The van der Waals surface area contributed by atoms with Crippen LogP contribution in [0.1, 0.15) is 24.2 Å². The molecule has 0 spiro atoms. The normalized spacial score (nSPS) is 12.0. The topological polar surface area (TPSA) is 104 Å². The molecule has 0 aliphatic rings. The fraction of sp³-hybridized carbons (Fsp3) is 0.167. The number of amides is 1. The Labute approximate surface area is 203 Å².